The number of benzene rings is 3. The molecule has 0 bridgehead atoms. The van der Waals surface area contributed by atoms with Crippen molar-refractivity contribution in [2.24, 2.45) is 11.3 Å². The van der Waals surface area contributed by atoms with E-state index in [2.05, 4.69) is 50.8 Å². The summed E-state index contributed by atoms with van der Waals surface area (Å²) in [5.41, 5.74) is 6.63. The van der Waals surface area contributed by atoms with Crippen LogP contribution >= 0.6 is 11.6 Å². The van der Waals surface area contributed by atoms with Crippen LogP contribution in [-0.2, 0) is 18.4 Å². The number of nitrogens with zero attached hydrogens (tertiary/aromatic N) is 1. The first kappa shape index (κ1) is 26.0. The van der Waals surface area contributed by atoms with Crippen LogP contribution in [0.5, 0.6) is 0 Å². The SMILES string of the molecule is CC(C)c1ccc2c(c1)CCC1C(C)(CN(Cc3ccc(Cl)cc3)C(=O)c3ccccc3)CCCC21C. The Morgan fingerprint density at radius 2 is 1.73 bits per heavy atom. The van der Waals surface area contributed by atoms with Crippen molar-refractivity contribution >= 4 is 17.5 Å². The molecule has 0 radical (unpaired) electrons. The maximum Gasteiger partial charge on any atom is 0.254 e. The van der Waals surface area contributed by atoms with Gasteiger partial charge in [-0.2, -0.15) is 0 Å². The third kappa shape index (κ3) is 5.10. The van der Waals surface area contributed by atoms with Crippen LogP contribution in [0.2, 0.25) is 5.02 Å². The molecule has 0 spiro atoms. The Bertz CT molecular complexity index is 1250. The van der Waals surface area contributed by atoms with E-state index in [9.17, 15) is 4.79 Å². The van der Waals surface area contributed by atoms with Crippen molar-refractivity contribution in [1.29, 1.82) is 0 Å². The molecule has 1 saturated carbocycles. The number of carbonyl (C=O) groups excluding carboxylic acids is 1. The van der Waals surface area contributed by atoms with E-state index in [1.165, 1.54) is 24.8 Å². The Morgan fingerprint density at radius 3 is 2.43 bits per heavy atom. The Labute approximate surface area is 228 Å². The molecule has 3 heteroatoms. The molecule has 3 aromatic carbocycles. The molecule has 0 saturated heterocycles. The number of hydrogen-bond acceptors (Lipinski definition) is 1. The molecule has 2 aliphatic rings. The summed E-state index contributed by atoms with van der Waals surface area (Å²) in [6, 6.07) is 25.0. The highest BCUT2D eigenvalue weighted by Crippen LogP contribution is 2.57. The summed E-state index contributed by atoms with van der Waals surface area (Å²) in [5, 5.41) is 0.723. The average molecular weight is 514 g/mol. The molecule has 1 fully saturated rings. The minimum absolute atomic E-state index is 0.0538. The first-order valence-corrected chi connectivity index (χ1v) is 14.3. The lowest BCUT2D eigenvalue weighted by Gasteiger charge is -2.56. The van der Waals surface area contributed by atoms with Gasteiger partial charge < -0.3 is 4.90 Å². The van der Waals surface area contributed by atoms with E-state index >= 15 is 0 Å². The number of hydrogen-bond donors (Lipinski definition) is 0. The smallest absolute Gasteiger partial charge is 0.254 e. The van der Waals surface area contributed by atoms with Crippen LogP contribution in [0.15, 0.2) is 72.8 Å². The summed E-state index contributed by atoms with van der Waals surface area (Å²) >= 11 is 6.16. The van der Waals surface area contributed by atoms with Crippen molar-refractivity contribution in [2.75, 3.05) is 6.54 Å². The van der Waals surface area contributed by atoms with Crippen molar-refractivity contribution < 1.29 is 4.79 Å². The predicted octanol–water partition coefficient (Wildman–Crippen LogP) is 8.82. The predicted molar refractivity (Wildman–Crippen MR) is 154 cm³/mol. The standard InChI is InChI=1S/C34H40ClNO/c1-24(2)27-13-17-30-28(21-27)14-18-31-33(3,19-8-20-34(30,31)4)23-36(22-25-11-15-29(35)16-12-25)32(37)26-9-6-5-7-10-26/h5-7,9-13,15-17,21,24,31H,8,14,18-20,22-23H2,1-4H3. The lowest BCUT2D eigenvalue weighted by Crippen LogP contribution is -2.53. The summed E-state index contributed by atoms with van der Waals surface area (Å²) in [6.45, 7) is 10.9. The zero-order valence-corrected chi connectivity index (χ0v) is 23.5. The normalized spacial score (nSPS) is 24.9. The molecule has 1 amide bonds. The van der Waals surface area contributed by atoms with E-state index in [-0.39, 0.29) is 16.7 Å². The second-order valence-electron chi connectivity index (χ2n) is 12.2. The topological polar surface area (TPSA) is 20.3 Å². The first-order valence-electron chi connectivity index (χ1n) is 13.9. The second kappa shape index (κ2) is 10.3. The molecule has 5 rings (SSSR count). The monoisotopic (exact) mass is 513 g/mol. The van der Waals surface area contributed by atoms with Crippen molar-refractivity contribution in [1.82, 2.24) is 4.90 Å². The summed E-state index contributed by atoms with van der Waals surface area (Å²) < 4.78 is 0. The molecule has 194 valence electrons. The first-order chi connectivity index (χ1) is 17.7. The second-order valence-corrected chi connectivity index (χ2v) is 12.7. The molecule has 0 aromatic heterocycles. The number of rotatable bonds is 6. The van der Waals surface area contributed by atoms with E-state index in [1.807, 2.05) is 54.6 Å². The average Bonchev–Trinajstić information content (AvgIpc) is 2.89. The van der Waals surface area contributed by atoms with Gasteiger partial charge in [0.1, 0.15) is 0 Å². The highest BCUT2D eigenvalue weighted by molar-refractivity contribution is 6.30. The van der Waals surface area contributed by atoms with Gasteiger partial charge in [-0.3, -0.25) is 4.79 Å². The van der Waals surface area contributed by atoms with Crippen molar-refractivity contribution in [3.8, 4) is 0 Å². The highest BCUT2D eigenvalue weighted by Gasteiger charge is 2.52. The van der Waals surface area contributed by atoms with Crippen LogP contribution in [0.3, 0.4) is 0 Å². The number of amides is 1. The Morgan fingerprint density at radius 1 is 1.00 bits per heavy atom. The minimum Gasteiger partial charge on any atom is -0.334 e. The van der Waals surface area contributed by atoms with E-state index < -0.39 is 0 Å². The molecule has 2 aliphatic carbocycles. The van der Waals surface area contributed by atoms with Gasteiger partial charge in [-0.15, -0.1) is 0 Å². The van der Waals surface area contributed by atoms with Crippen molar-refractivity contribution in [2.45, 2.75) is 77.7 Å². The summed E-state index contributed by atoms with van der Waals surface area (Å²) in [7, 11) is 0. The molecular formula is C34H40ClNO. The number of aryl methyl sites for hydroxylation is 1. The van der Waals surface area contributed by atoms with Crippen LogP contribution in [0, 0.1) is 11.3 Å². The molecule has 3 aromatic rings. The fourth-order valence-corrected chi connectivity index (χ4v) is 7.53. The highest BCUT2D eigenvalue weighted by atomic mass is 35.5. The zero-order valence-electron chi connectivity index (χ0n) is 22.8. The fourth-order valence-electron chi connectivity index (χ4n) is 7.40. The van der Waals surface area contributed by atoms with Crippen LogP contribution < -0.4 is 0 Å². The van der Waals surface area contributed by atoms with Gasteiger partial charge in [0, 0.05) is 23.7 Å². The van der Waals surface area contributed by atoms with Gasteiger partial charge in [0.2, 0.25) is 0 Å². The summed E-state index contributed by atoms with van der Waals surface area (Å²) in [5.74, 6) is 1.21. The van der Waals surface area contributed by atoms with Crippen LogP contribution in [0.4, 0.5) is 0 Å². The van der Waals surface area contributed by atoms with E-state index in [1.54, 1.807) is 11.1 Å². The summed E-state index contributed by atoms with van der Waals surface area (Å²) in [4.78, 5) is 16.0. The van der Waals surface area contributed by atoms with Gasteiger partial charge in [0.25, 0.3) is 5.91 Å². The molecule has 3 atom stereocenters. The Kier molecular flexibility index (Phi) is 7.24. The largest absolute Gasteiger partial charge is 0.334 e. The van der Waals surface area contributed by atoms with Gasteiger partial charge in [-0.05, 0) is 94.9 Å². The molecule has 37 heavy (non-hydrogen) atoms. The maximum absolute atomic E-state index is 13.9. The number of fused-ring (bicyclic) bond motifs is 3. The number of halogens is 1. The Balaban J connectivity index is 1.48. The van der Waals surface area contributed by atoms with Crippen LogP contribution in [0.1, 0.15) is 91.9 Å². The Hall–Kier alpha value is -2.58. The minimum atomic E-state index is 0.0538. The van der Waals surface area contributed by atoms with E-state index in [0.717, 1.165) is 35.5 Å². The third-order valence-corrected chi connectivity index (χ3v) is 9.57. The molecule has 3 unspecified atom stereocenters. The molecule has 2 nitrogen and oxygen atoms in total. The van der Waals surface area contributed by atoms with Crippen LogP contribution in [-0.4, -0.2) is 17.4 Å². The lowest BCUT2D eigenvalue weighted by molar-refractivity contribution is -0.00281. The van der Waals surface area contributed by atoms with E-state index in [4.69, 9.17) is 11.6 Å². The maximum atomic E-state index is 13.9. The fraction of sp³-hybridized carbons (Fsp3) is 0.441. The van der Waals surface area contributed by atoms with Gasteiger partial charge in [0.05, 0.1) is 0 Å². The molecule has 0 aliphatic heterocycles. The third-order valence-electron chi connectivity index (χ3n) is 9.31. The van der Waals surface area contributed by atoms with Gasteiger partial charge in [-0.1, -0.05) is 94.2 Å². The molecular weight excluding hydrogens is 474 g/mol. The lowest BCUT2D eigenvalue weighted by atomic mass is 9.49. The van der Waals surface area contributed by atoms with Gasteiger partial charge in [-0.25, -0.2) is 0 Å². The van der Waals surface area contributed by atoms with Crippen molar-refractivity contribution in [3.05, 3.63) is 106 Å². The molecule has 0 heterocycles. The van der Waals surface area contributed by atoms with Crippen LogP contribution in [0.25, 0.3) is 0 Å². The van der Waals surface area contributed by atoms with Gasteiger partial charge in [0.15, 0.2) is 0 Å². The molecule has 0 N–H and O–H groups in total. The van der Waals surface area contributed by atoms with Crippen molar-refractivity contribution in [3.63, 3.8) is 0 Å². The summed E-state index contributed by atoms with van der Waals surface area (Å²) in [6.07, 6.45) is 5.91. The van der Waals surface area contributed by atoms with E-state index in [0.29, 0.717) is 18.4 Å². The quantitative estimate of drug-likeness (QED) is 0.322. The van der Waals surface area contributed by atoms with Gasteiger partial charge >= 0.3 is 0 Å². The zero-order chi connectivity index (χ0) is 26.2. The number of carbonyl (C=O) groups is 1.